The Labute approximate surface area is 149 Å². The lowest BCUT2D eigenvalue weighted by Crippen LogP contribution is -2.00. The number of benzene rings is 2. The summed E-state index contributed by atoms with van der Waals surface area (Å²) in [7, 11) is 1.62. The van der Waals surface area contributed by atoms with Crippen LogP contribution in [0, 0.1) is 11.3 Å². The lowest BCUT2D eigenvalue weighted by atomic mass is 10.1. The van der Waals surface area contributed by atoms with Crippen LogP contribution in [0.15, 0.2) is 46.9 Å². The molecule has 0 bridgehead atoms. The van der Waals surface area contributed by atoms with Crippen LogP contribution < -0.4 is 4.74 Å². The van der Waals surface area contributed by atoms with Gasteiger partial charge in [0, 0.05) is 16.6 Å². The Hall–Kier alpha value is -2.58. The van der Waals surface area contributed by atoms with E-state index in [1.165, 1.54) is 0 Å². The third-order valence-electron chi connectivity index (χ3n) is 3.82. The van der Waals surface area contributed by atoms with E-state index in [1.54, 1.807) is 7.11 Å². The number of hydrogen-bond acceptors (Lipinski definition) is 3. The van der Waals surface area contributed by atoms with Crippen molar-refractivity contribution in [2.75, 3.05) is 7.11 Å². The molecule has 0 radical (unpaired) electrons. The molecule has 120 valence electrons. The number of halogens is 1. The number of fused-ring (bicyclic) bond motifs is 1. The highest BCUT2D eigenvalue weighted by molar-refractivity contribution is 9.10. The molecule has 0 aliphatic carbocycles. The highest BCUT2D eigenvalue weighted by Gasteiger charge is 2.14. The zero-order valence-electron chi connectivity index (χ0n) is 13.5. The number of ether oxygens (including phenoxy) is 1. The van der Waals surface area contributed by atoms with E-state index in [4.69, 9.17) is 4.74 Å². The minimum atomic E-state index is 0.504. The topological polar surface area (TPSA) is 50.8 Å². The number of nitrogens with zero attached hydrogens (tertiary/aromatic N) is 3. The van der Waals surface area contributed by atoms with Crippen molar-refractivity contribution in [3.05, 3.63) is 58.3 Å². The van der Waals surface area contributed by atoms with Gasteiger partial charge in [0.15, 0.2) is 5.82 Å². The van der Waals surface area contributed by atoms with Crippen LogP contribution in [0.5, 0.6) is 5.75 Å². The molecule has 24 heavy (non-hydrogen) atoms. The van der Waals surface area contributed by atoms with Crippen molar-refractivity contribution in [3.63, 3.8) is 0 Å². The summed E-state index contributed by atoms with van der Waals surface area (Å²) >= 11 is 3.46. The zero-order chi connectivity index (χ0) is 17.1. The Morgan fingerprint density at radius 3 is 2.83 bits per heavy atom. The molecular weight excluding hydrogens is 366 g/mol. The lowest BCUT2D eigenvalue weighted by molar-refractivity contribution is 0.414. The number of methoxy groups -OCH3 is 1. The SMILES string of the molecule is CCn1c(/C(C#N)=C\c2cc(Br)ccc2OC)nc2ccccc21. The maximum atomic E-state index is 9.69. The smallest absolute Gasteiger partial charge is 0.151 e. The van der Waals surface area contributed by atoms with Crippen LogP contribution in [0.3, 0.4) is 0 Å². The maximum absolute atomic E-state index is 9.69. The molecule has 0 N–H and O–H groups in total. The number of para-hydroxylation sites is 2. The largest absolute Gasteiger partial charge is 0.496 e. The first-order valence-electron chi connectivity index (χ1n) is 7.59. The van der Waals surface area contributed by atoms with Crippen molar-refractivity contribution in [1.82, 2.24) is 9.55 Å². The summed E-state index contributed by atoms with van der Waals surface area (Å²) < 4.78 is 8.37. The van der Waals surface area contributed by atoms with Crippen molar-refractivity contribution in [1.29, 1.82) is 5.26 Å². The molecule has 0 fully saturated rings. The van der Waals surface area contributed by atoms with Gasteiger partial charge >= 0.3 is 0 Å². The molecule has 3 rings (SSSR count). The third kappa shape index (κ3) is 2.93. The Kier molecular flexibility index (Phi) is 4.68. The average Bonchev–Trinajstić information content (AvgIpc) is 2.98. The van der Waals surface area contributed by atoms with Gasteiger partial charge in [-0.05, 0) is 43.3 Å². The first kappa shape index (κ1) is 16.3. The summed E-state index contributed by atoms with van der Waals surface area (Å²) in [4.78, 5) is 4.65. The lowest BCUT2D eigenvalue weighted by Gasteiger charge is -2.08. The van der Waals surface area contributed by atoms with Crippen LogP contribution in [0.25, 0.3) is 22.7 Å². The van der Waals surface area contributed by atoms with Crippen LogP contribution in [0.2, 0.25) is 0 Å². The minimum absolute atomic E-state index is 0.504. The molecule has 3 aromatic rings. The number of nitriles is 1. The fraction of sp³-hybridized carbons (Fsp3) is 0.158. The first-order chi connectivity index (χ1) is 11.7. The number of aromatic nitrogens is 2. The van der Waals surface area contributed by atoms with E-state index in [0.717, 1.165) is 27.6 Å². The molecule has 0 amide bonds. The standard InChI is InChI=1S/C19H16BrN3O/c1-3-23-17-7-5-4-6-16(17)22-19(23)14(12-21)10-13-11-15(20)8-9-18(13)24-2/h4-11H,3H2,1-2H3/b14-10-. The van der Waals surface area contributed by atoms with Gasteiger partial charge in [-0.2, -0.15) is 5.26 Å². The molecule has 5 heteroatoms. The van der Waals surface area contributed by atoms with Gasteiger partial charge in [-0.1, -0.05) is 28.1 Å². The van der Waals surface area contributed by atoms with Crippen molar-refractivity contribution < 1.29 is 4.74 Å². The van der Waals surface area contributed by atoms with E-state index in [2.05, 4.69) is 31.6 Å². The summed E-state index contributed by atoms with van der Waals surface area (Å²) in [6.07, 6.45) is 1.82. The van der Waals surface area contributed by atoms with Gasteiger partial charge in [-0.3, -0.25) is 0 Å². The molecule has 1 aromatic heterocycles. The second-order valence-electron chi connectivity index (χ2n) is 5.22. The van der Waals surface area contributed by atoms with Gasteiger partial charge < -0.3 is 9.30 Å². The van der Waals surface area contributed by atoms with Crippen LogP contribution in [-0.4, -0.2) is 16.7 Å². The Bertz CT molecular complexity index is 966. The Morgan fingerprint density at radius 2 is 2.12 bits per heavy atom. The monoisotopic (exact) mass is 381 g/mol. The van der Waals surface area contributed by atoms with E-state index < -0.39 is 0 Å². The molecule has 4 nitrogen and oxygen atoms in total. The van der Waals surface area contributed by atoms with Gasteiger partial charge in [-0.25, -0.2) is 4.98 Å². The predicted molar refractivity (Wildman–Crippen MR) is 99.6 cm³/mol. The molecule has 0 unspecified atom stereocenters. The second kappa shape index (κ2) is 6.90. The van der Waals surface area contributed by atoms with Gasteiger partial charge in [-0.15, -0.1) is 0 Å². The van der Waals surface area contributed by atoms with Crippen LogP contribution in [0.4, 0.5) is 0 Å². The molecule has 2 aromatic carbocycles. The maximum Gasteiger partial charge on any atom is 0.151 e. The van der Waals surface area contributed by atoms with Crippen molar-refractivity contribution in [3.8, 4) is 11.8 Å². The first-order valence-corrected chi connectivity index (χ1v) is 8.38. The van der Waals surface area contributed by atoms with Crippen molar-refractivity contribution in [2.45, 2.75) is 13.5 Å². The zero-order valence-corrected chi connectivity index (χ0v) is 15.0. The highest BCUT2D eigenvalue weighted by Crippen LogP contribution is 2.28. The number of allylic oxidation sites excluding steroid dienone is 1. The summed E-state index contributed by atoms with van der Waals surface area (Å²) in [6, 6.07) is 15.9. The summed E-state index contributed by atoms with van der Waals surface area (Å²) in [5, 5.41) is 9.69. The Balaban J connectivity index is 2.20. The fourth-order valence-electron chi connectivity index (χ4n) is 2.72. The third-order valence-corrected chi connectivity index (χ3v) is 4.32. The summed E-state index contributed by atoms with van der Waals surface area (Å²) in [5.74, 6) is 1.38. The average molecular weight is 382 g/mol. The van der Waals surface area contributed by atoms with Crippen LogP contribution in [-0.2, 0) is 6.54 Å². The van der Waals surface area contributed by atoms with E-state index >= 15 is 0 Å². The molecule has 0 aliphatic rings. The fourth-order valence-corrected chi connectivity index (χ4v) is 3.10. The van der Waals surface area contributed by atoms with E-state index in [-0.39, 0.29) is 0 Å². The van der Waals surface area contributed by atoms with Gasteiger partial charge in [0.1, 0.15) is 11.8 Å². The summed E-state index contributed by atoms with van der Waals surface area (Å²) in [5.41, 5.74) is 3.25. The van der Waals surface area contributed by atoms with Gasteiger partial charge in [0.2, 0.25) is 0 Å². The summed E-state index contributed by atoms with van der Waals surface area (Å²) in [6.45, 7) is 2.79. The quantitative estimate of drug-likeness (QED) is 0.604. The van der Waals surface area contributed by atoms with Crippen LogP contribution >= 0.6 is 15.9 Å². The molecule has 1 heterocycles. The predicted octanol–water partition coefficient (Wildman–Crippen LogP) is 4.89. The molecule has 0 saturated heterocycles. The number of aryl methyl sites for hydroxylation is 1. The minimum Gasteiger partial charge on any atom is -0.496 e. The van der Waals surface area contributed by atoms with Gasteiger partial charge in [0.25, 0.3) is 0 Å². The van der Waals surface area contributed by atoms with Crippen molar-refractivity contribution in [2.24, 2.45) is 0 Å². The molecule has 0 atom stereocenters. The molecule has 0 saturated carbocycles. The van der Waals surface area contributed by atoms with E-state index in [0.29, 0.717) is 17.1 Å². The number of hydrogen-bond donors (Lipinski definition) is 0. The second-order valence-corrected chi connectivity index (χ2v) is 6.14. The van der Waals surface area contributed by atoms with E-state index in [9.17, 15) is 5.26 Å². The molecular formula is C19H16BrN3O. The van der Waals surface area contributed by atoms with Gasteiger partial charge in [0.05, 0.1) is 23.7 Å². The normalized spacial score (nSPS) is 11.5. The van der Waals surface area contributed by atoms with E-state index in [1.807, 2.05) is 55.5 Å². The number of rotatable bonds is 4. The Morgan fingerprint density at radius 1 is 1.33 bits per heavy atom. The number of imidazole rings is 1. The van der Waals surface area contributed by atoms with Crippen LogP contribution in [0.1, 0.15) is 18.3 Å². The highest BCUT2D eigenvalue weighted by atomic mass is 79.9. The molecule has 0 aliphatic heterocycles. The molecule has 0 spiro atoms. The van der Waals surface area contributed by atoms with Crippen molar-refractivity contribution >= 4 is 38.6 Å².